The summed E-state index contributed by atoms with van der Waals surface area (Å²) in [7, 11) is 1.33. The molecule has 4 heterocycles. The molecule has 0 saturated carbocycles. The Morgan fingerprint density at radius 3 is 2.72 bits per heavy atom. The molecule has 0 aliphatic carbocycles. The average Bonchev–Trinajstić information content (AvgIpc) is 3.42. The van der Waals surface area contributed by atoms with Crippen LogP contribution in [0.5, 0.6) is 0 Å². The molecule has 5 rings (SSSR count). The number of ether oxygens (including phenoxy) is 1. The molecule has 190 valence electrons. The highest BCUT2D eigenvalue weighted by atomic mass is 19.3. The van der Waals surface area contributed by atoms with Gasteiger partial charge in [-0.1, -0.05) is 6.07 Å². The van der Waals surface area contributed by atoms with Crippen molar-refractivity contribution in [3.8, 4) is 0 Å². The lowest BCUT2D eigenvalue weighted by Crippen LogP contribution is -2.35. The van der Waals surface area contributed by atoms with Crippen molar-refractivity contribution in [3.05, 3.63) is 58.3 Å². The molecule has 1 aromatic carbocycles. The number of rotatable bonds is 5. The second kappa shape index (κ2) is 9.36. The van der Waals surface area contributed by atoms with Gasteiger partial charge in [0, 0.05) is 50.3 Å². The minimum absolute atomic E-state index is 0.0106. The van der Waals surface area contributed by atoms with Gasteiger partial charge in [0.1, 0.15) is 12.4 Å². The average molecular weight is 500 g/mol. The highest BCUT2D eigenvalue weighted by molar-refractivity contribution is 5.95. The summed E-state index contributed by atoms with van der Waals surface area (Å²) >= 11 is 0. The van der Waals surface area contributed by atoms with Crippen LogP contribution in [0.15, 0.2) is 41.3 Å². The van der Waals surface area contributed by atoms with Crippen LogP contribution in [0.3, 0.4) is 0 Å². The number of aromatic nitrogens is 3. The molecule has 1 fully saturated rings. The van der Waals surface area contributed by atoms with Crippen molar-refractivity contribution < 1.29 is 23.1 Å². The summed E-state index contributed by atoms with van der Waals surface area (Å²) in [6, 6.07) is 8.51. The molecule has 36 heavy (non-hydrogen) atoms. The van der Waals surface area contributed by atoms with Crippen LogP contribution in [0.25, 0.3) is 11.0 Å². The van der Waals surface area contributed by atoms with Crippen molar-refractivity contribution in [1.29, 1.82) is 0 Å². The van der Waals surface area contributed by atoms with E-state index in [2.05, 4.69) is 0 Å². The fourth-order valence-corrected chi connectivity index (χ4v) is 5.04. The summed E-state index contributed by atoms with van der Waals surface area (Å²) < 4.78 is 35.7. The summed E-state index contributed by atoms with van der Waals surface area (Å²) in [6.45, 7) is 0.158. The van der Waals surface area contributed by atoms with E-state index < -0.39 is 24.5 Å². The number of pyridine rings is 1. The fourth-order valence-electron chi connectivity index (χ4n) is 5.04. The largest absolute Gasteiger partial charge is 0.452 e. The third-order valence-corrected chi connectivity index (χ3v) is 6.87. The number of halogens is 2. The Bertz CT molecular complexity index is 1380. The Hall–Kier alpha value is -3.76. The SMILES string of the molecule is COC(=O)N1CCCc2c1ccc1c2nc(CCn2ccccc2=O)n1CC(=O)N1CCC(F)(F)C1. The number of hydrogen-bond donors (Lipinski definition) is 0. The third kappa shape index (κ3) is 4.45. The van der Waals surface area contributed by atoms with Gasteiger partial charge in [-0.2, -0.15) is 0 Å². The van der Waals surface area contributed by atoms with E-state index >= 15 is 0 Å². The van der Waals surface area contributed by atoms with E-state index in [1.54, 1.807) is 38.4 Å². The number of imidazole rings is 1. The van der Waals surface area contributed by atoms with Gasteiger partial charge in [0.15, 0.2) is 0 Å². The monoisotopic (exact) mass is 499 g/mol. The van der Waals surface area contributed by atoms with Gasteiger partial charge in [-0.05, 0) is 31.0 Å². The summed E-state index contributed by atoms with van der Waals surface area (Å²) in [5.41, 5.74) is 2.79. The molecule has 2 aromatic heterocycles. The molecule has 11 heteroatoms. The Labute approximate surface area is 205 Å². The van der Waals surface area contributed by atoms with Gasteiger partial charge in [-0.25, -0.2) is 18.6 Å². The Morgan fingerprint density at radius 1 is 1.17 bits per heavy atom. The van der Waals surface area contributed by atoms with Crippen LogP contribution in [-0.4, -0.2) is 63.7 Å². The number of alkyl halides is 2. The molecule has 0 N–H and O–H groups in total. The molecule has 0 atom stereocenters. The van der Waals surface area contributed by atoms with Crippen molar-refractivity contribution in [3.63, 3.8) is 0 Å². The Morgan fingerprint density at radius 2 is 2.00 bits per heavy atom. The zero-order chi connectivity index (χ0) is 25.4. The Balaban J connectivity index is 1.53. The van der Waals surface area contributed by atoms with E-state index in [1.807, 2.05) is 6.07 Å². The van der Waals surface area contributed by atoms with Crippen LogP contribution < -0.4 is 10.5 Å². The number of hydrogen-bond acceptors (Lipinski definition) is 5. The van der Waals surface area contributed by atoms with E-state index in [4.69, 9.17) is 9.72 Å². The van der Waals surface area contributed by atoms with Crippen molar-refractivity contribution in [1.82, 2.24) is 19.0 Å². The minimum Gasteiger partial charge on any atom is -0.452 e. The smallest absolute Gasteiger partial charge is 0.414 e. The topological polar surface area (TPSA) is 89.7 Å². The maximum absolute atomic E-state index is 13.7. The number of amides is 2. The fraction of sp³-hybridized carbons (Fsp3) is 0.440. The van der Waals surface area contributed by atoms with Crippen molar-refractivity contribution >= 4 is 28.7 Å². The van der Waals surface area contributed by atoms with Crippen LogP contribution in [0.2, 0.25) is 0 Å². The van der Waals surface area contributed by atoms with Crippen LogP contribution in [-0.2, 0) is 35.5 Å². The summed E-state index contributed by atoms with van der Waals surface area (Å²) in [5, 5.41) is 0. The number of anilines is 1. The van der Waals surface area contributed by atoms with Crippen LogP contribution >= 0.6 is 0 Å². The lowest BCUT2D eigenvalue weighted by atomic mass is 10.0. The number of nitrogens with zero attached hydrogens (tertiary/aromatic N) is 5. The number of benzene rings is 1. The van der Waals surface area contributed by atoms with Crippen molar-refractivity contribution in [2.24, 2.45) is 0 Å². The van der Waals surface area contributed by atoms with Gasteiger partial charge < -0.3 is 18.8 Å². The molecule has 1 saturated heterocycles. The van der Waals surface area contributed by atoms with E-state index in [9.17, 15) is 23.2 Å². The van der Waals surface area contributed by atoms with E-state index in [1.165, 1.54) is 18.1 Å². The van der Waals surface area contributed by atoms with E-state index in [0.29, 0.717) is 48.5 Å². The molecule has 0 unspecified atom stereocenters. The van der Waals surface area contributed by atoms with Crippen molar-refractivity contribution in [2.75, 3.05) is 31.6 Å². The maximum atomic E-state index is 13.7. The predicted octanol–water partition coefficient (Wildman–Crippen LogP) is 2.83. The first kappa shape index (κ1) is 24.0. The summed E-state index contributed by atoms with van der Waals surface area (Å²) in [6.07, 6.45) is 2.67. The minimum atomic E-state index is -2.87. The molecule has 9 nitrogen and oxygen atoms in total. The number of methoxy groups -OCH3 is 1. The number of carbonyl (C=O) groups excluding carboxylic acids is 2. The van der Waals surface area contributed by atoms with Crippen LogP contribution in [0.4, 0.5) is 19.3 Å². The van der Waals surface area contributed by atoms with Gasteiger partial charge >= 0.3 is 6.09 Å². The molecule has 2 aliphatic heterocycles. The number of carbonyl (C=O) groups is 2. The molecule has 2 amide bonds. The van der Waals surface area contributed by atoms with Crippen LogP contribution in [0, 0.1) is 0 Å². The van der Waals surface area contributed by atoms with Gasteiger partial charge in [-0.3, -0.25) is 14.5 Å². The lowest BCUT2D eigenvalue weighted by molar-refractivity contribution is -0.132. The molecular formula is C25H27F2N5O4. The van der Waals surface area contributed by atoms with Gasteiger partial charge in [0.05, 0.1) is 30.4 Å². The number of likely N-dealkylation sites (tertiary alicyclic amines) is 1. The van der Waals surface area contributed by atoms with Crippen molar-refractivity contribution in [2.45, 2.75) is 44.7 Å². The molecule has 0 radical (unpaired) electrons. The molecule has 0 spiro atoms. The Kier molecular flexibility index (Phi) is 6.23. The molecule has 2 aliphatic rings. The summed E-state index contributed by atoms with van der Waals surface area (Å²) in [5.74, 6) is -2.71. The number of aryl methyl sites for hydroxylation is 3. The number of fused-ring (bicyclic) bond motifs is 3. The van der Waals surface area contributed by atoms with Gasteiger partial charge in [0.2, 0.25) is 5.91 Å². The lowest BCUT2D eigenvalue weighted by Gasteiger charge is -2.28. The quantitative estimate of drug-likeness (QED) is 0.539. The molecular weight excluding hydrogens is 472 g/mol. The molecule has 0 bridgehead atoms. The first-order chi connectivity index (χ1) is 17.3. The zero-order valence-corrected chi connectivity index (χ0v) is 20.0. The molecule has 3 aromatic rings. The second-order valence-electron chi connectivity index (χ2n) is 9.17. The highest BCUT2D eigenvalue weighted by Crippen LogP contribution is 2.34. The standard InChI is InChI=1S/C25H27F2N5O4/c1-36-24(35)31-12-4-5-17-18(31)7-8-19-23(17)28-20(9-13-29-11-3-2-6-21(29)33)32(19)15-22(34)30-14-10-25(26,27)16-30/h2-3,6-8,11H,4-5,9-10,12-16H2,1H3. The van der Waals surface area contributed by atoms with Gasteiger partial charge in [0.25, 0.3) is 11.5 Å². The maximum Gasteiger partial charge on any atom is 0.414 e. The van der Waals surface area contributed by atoms with Crippen LogP contribution in [0.1, 0.15) is 24.2 Å². The van der Waals surface area contributed by atoms with E-state index in [-0.39, 0.29) is 25.1 Å². The normalized spacial score (nSPS) is 16.9. The third-order valence-electron chi connectivity index (χ3n) is 6.87. The highest BCUT2D eigenvalue weighted by Gasteiger charge is 2.40. The zero-order valence-electron chi connectivity index (χ0n) is 20.0. The summed E-state index contributed by atoms with van der Waals surface area (Å²) in [4.78, 5) is 45.1. The first-order valence-electron chi connectivity index (χ1n) is 11.9. The first-order valence-corrected chi connectivity index (χ1v) is 11.9. The second-order valence-corrected chi connectivity index (χ2v) is 9.17. The van der Waals surface area contributed by atoms with E-state index in [0.717, 1.165) is 12.0 Å². The van der Waals surface area contributed by atoms with Gasteiger partial charge in [-0.15, -0.1) is 0 Å². The predicted molar refractivity (Wildman–Crippen MR) is 128 cm³/mol.